The Labute approximate surface area is 214 Å². The van der Waals surface area contributed by atoms with Crippen LogP contribution in [0.3, 0.4) is 0 Å². The summed E-state index contributed by atoms with van der Waals surface area (Å²) in [6.45, 7) is 3.43. The Kier molecular flexibility index (Phi) is 8.08. The lowest BCUT2D eigenvalue weighted by Gasteiger charge is -2.26. The number of halogens is 4. The van der Waals surface area contributed by atoms with Gasteiger partial charge in [-0.3, -0.25) is 14.4 Å². The summed E-state index contributed by atoms with van der Waals surface area (Å²) in [5, 5.41) is 7.04. The fraction of sp³-hybridized carbons (Fsp3) is 0.333. The molecule has 1 aliphatic heterocycles. The SMILES string of the molecule is Cn1ncc(Br)c1-c1cc(NC(=O)c2ccc(C(F)(F)F)cc2)ccc1OCCN1CCSCC1. The van der Waals surface area contributed by atoms with Crippen molar-refractivity contribution < 1.29 is 22.7 Å². The zero-order valence-corrected chi connectivity index (χ0v) is 21.3. The molecule has 0 atom stereocenters. The van der Waals surface area contributed by atoms with Gasteiger partial charge in [0, 0.05) is 55.0 Å². The fourth-order valence-corrected chi connectivity index (χ4v) is 5.30. The molecule has 6 nitrogen and oxygen atoms in total. The summed E-state index contributed by atoms with van der Waals surface area (Å²) in [5.74, 6) is 2.39. The van der Waals surface area contributed by atoms with Crippen LogP contribution in [0, 0.1) is 0 Å². The summed E-state index contributed by atoms with van der Waals surface area (Å²) < 4.78 is 47.1. The second-order valence-electron chi connectivity index (χ2n) is 8.01. The molecular formula is C24H24BrF3N4O2S. The number of aryl methyl sites for hydroxylation is 1. The van der Waals surface area contributed by atoms with Crippen LogP contribution in [0.1, 0.15) is 15.9 Å². The maximum absolute atomic E-state index is 12.8. The lowest BCUT2D eigenvalue weighted by atomic mass is 10.1. The second-order valence-corrected chi connectivity index (χ2v) is 10.1. The van der Waals surface area contributed by atoms with E-state index in [9.17, 15) is 18.0 Å². The van der Waals surface area contributed by atoms with Crippen LogP contribution in [0.5, 0.6) is 5.75 Å². The second kappa shape index (κ2) is 11.0. The molecule has 0 aliphatic carbocycles. The standard InChI is InChI=1S/C24H24BrF3N4O2S/c1-31-22(20(25)15-29-31)19-14-18(6-7-21(19)34-11-8-32-9-12-35-13-10-32)30-23(33)16-2-4-17(5-3-16)24(26,27)28/h2-7,14-15H,8-13H2,1H3,(H,30,33). The first kappa shape index (κ1) is 25.6. The number of nitrogens with zero attached hydrogens (tertiary/aromatic N) is 3. The molecule has 4 rings (SSSR count). The van der Waals surface area contributed by atoms with E-state index in [4.69, 9.17) is 4.74 Å². The Bertz CT molecular complexity index is 1160. The van der Waals surface area contributed by atoms with Crippen molar-refractivity contribution >= 4 is 39.3 Å². The van der Waals surface area contributed by atoms with E-state index in [1.165, 1.54) is 0 Å². The molecule has 0 radical (unpaired) electrons. The third-order valence-corrected chi connectivity index (χ3v) is 7.15. The molecule has 1 fully saturated rings. The lowest BCUT2D eigenvalue weighted by molar-refractivity contribution is -0.137. The molecule has 0 bridgehead atoms. The van der Waals surface area contributed by atoms with Crippen LogP contribution in [0.4, 0.5) is 18.9 Å². The molecule has 1 N–H and O–H groups in total. The van der Waals surface area contributed by atoms with E-state index in [2.05, 4.69) is 31.2 Å². The molecule has 1 saturated heterocycles. The number of hydrogen-bond acceptors (Lipinski definition) is 5. The van der Waals surface area contributed by atoms with Crippen molar-refractivity contribution in [3.05, 3.63) is 64.3 Å². The largest absolute Gasteiger partial charge is 0.492 e. The van der Waals surface area contributed by atoms with E-state index in [1.807, 2.05) is 18.8 Å². The number of ether oxygens (including phenoxy) is 1. The van der Waals surface area contributed by atoms with Crippen LogP contribution in [0.25, 0.3) is 11.3 Å². The number of nitrogens with one attached hydrogen (secondary N) is 1. The zero-order valence-electron chi connectivity index (χ0n) is 18.9. The number of thioether (sulfide) groups is 1. The van der Waals surface area contributed by atoms with Gasteiger partial charge in [-0.25, -0.2) is 0 Å². The van der Waals surface area contributed by atoms with Crippen molar-refractivity contribution in [3.63, 3.8) is 0 Å². The Morgan fingerprint density at radius 1 is 1.17 bits per heavy atom. The molecule has 11 heteroatoms. The minimum atomic E-state index is -4.46. The quantitative estimate of drug-likeness (QED) is 0.405. The number of carbonyl (C=O) groups excluding carboxylic acids is 1. The molecule has 1 aliphatic rings. The van der Waals surface area contributed by atoms with Gasteiger partial charge in [0.05, 0.1) is 21.9 Å². The van der Waals surface area contributed by atoms with Gasteiger partial charge in [-0.05, 0) is 58.4 Å². The van der Waals surface area contributed by atoms with Gasteiger partial charge >= 0.3 is 6.18 Å². The Balaban J connectivity index is 1.53. The third-order valence-electron chi connectivity index (χ3n) is 5.63. The van der Waals surface area contributed by atoms with Crippen LogP contribution < -0.4 is 10.1 Å². The predicted octanol–water partition coefficient (Wildman–Crippen LogP) is 5.55. The predicted molar refractivity (Wildman–Crippen MR) is 135 cm³/mol. The van der Waals surface area contributed by atoms with Crippen LogP contribution in [0.2, 0.25) is 0 Å². The highest BCUT2D eigenvalue weighted by Crippen LogP contribution is 2.37. The highest BCUT2D eigenvalue weighted by Gasteiger charge is 2.30. The number of anilines is 1. The minimum absolute atomic E-state index is 0.126. The summed E-state index contributed by atoms with van der Waals surface area (Å²) in [7, 11) is 1.81. The van der Waals surface area contributed by atoms with Gasteiger partial charge in [0.2, 0.25) is 0 Å². The summed E-state index contributed by atoms with van der Waals surface area (Å²) in [6, 6.07) is 9.37. The topological polar surface area (TPSA) is 59.4 Å². The molecule has 1 aromatic heterocycles. The van der Waals surface area contributed by atoms with E-state index in [0.29, 0.717) is 18.0 Å². The van der Waals surface area contributed by atoms with Gasteiger partial charge in [0.1, 0.15) is 12.4 Å². The van der Waals surface area contributed by atoms with Crippen molar-refractivity contribution in [1.82, 2.24) is 14.7 Å². The number of rotatable bonds is 7. The normalized spacial score (nSPS) is 14.7. The third kappa shape index (κ3) is 6.39. The lowest BCUT2D eigenvalue weighted by Crippen LogP contribution is -2.35. The number of alkyl halides is 3. The molecule has 3 aromatic rings. The highest BCUT2D eigenvalue weighted by atomic mass is 79.9. The number of aromatic nitrogens is 2. The zero-order chi connectivity index (χ0) is 25.0. The van der Waals surface area contributed by atoms with Crippen LogP contribution >= 0.6 is 27.7 Å². The molecule has 35 heavy (non-hydrogen) atoms. The summed E-state index contributed by atoms with van der Waals surface area (Å²) in [6.07, 6.45) is -2.78. The smallest absolute Gasteiger partial charge is 0.416 e. The minimum Gasteiger partial charge on any atom is -0.492 e. The van der Waals surface area contributed by atoms with Crippen molar-refractivity contribution in [2.45, 2.75) is 6.18 Å². The molecule has 0 spiro atoms. The van der Waals surface area contributed by atoms with Gasteiger partial charge in [0.25, 0.3) is 5.91 Å². The first-order valence-corrected chi connectivity index (χ1v) is 12.9. The maximum Gasteiger partial charge on any atom is 0.416 e. The number of amides is 1. The van der Waals surface area contributed by atoms with E-state index >= 15 is 0 Å². The number of carbonyl (C=O) groups is 1. The molecule has 2 aromatic carbocycles. The molecule has 186 valence electrons. The summed E-state index contributed by atoms with van der Waals surface area (Å²) >= 11 is 5.48. The average Bonchev–Trinajstić information content (AvgIpc) is 3.17. The first-order valence-electron chi connectivity index (χ1n) is 11.0. The maximum atomic E-state index is 12.8. The fourth-order valence-electron chi connectivity index (χ4n) is 3.76. The monoisotopic (exact) mass is 568 g/mol. The Morgan fingerprint density at radius 2 is 1.89 bits per heavy atom. The molecule has 0 saturated carbocycles. The van der Waals surface area contributed by atoms with Crippen LogP contribution in [-0.2, 0) is 13.2 Å². The van der Waals surface area contributed by atoms with E-state index in [0.717, 1.165) is 71.1 Å². The Morgan fingerprint density at radius 3 is 2.51 bits per heavy atom. The van der Waals surface area contributed by atoms with Crippen LogP contribution in [-0.4, -0.2) is 58.3 Å². The van der Waals surface area contributed by atoms with E-state index in [1.54, 1.807) is 29.1 Å². The van der Waals surface area contributed by atoms with Crippen molar-refractivity contribution in [1.29, 1.82) is 0 Å². The molecule has 1 amide bonds. The van der Waals surface area contributed by atoms with Gasteiger partial charge in [-0.1, -0.05) is 0 Å². The van der Waals surface area contributed by atoms with E-state index < -0.39 is 17.6 Å². The molecule has 2 heterocycles. The van der Waals surface area contributed by atoms with Gasteiger partial charge in [-0.15, -0.1) is 0 Å². The van der Waals surface area contributed by atoms with Crippen molar-refractivity contribution in [2.24, 2.45) is 7.05 Å². The van der Waals surface area contributed by atoms with Crippen LogP contribution in [0.15, 0.2) is 53.1 Å². The van der Waals surface area contributed by atoms with Gasteiger partial charge in [-0.2, -0.15) is 30.0 Å². The van der Waals surface area contributed by atoms with Gasteiger partial charge < -0.3 is 10.1 Å². The van der Waals surface area contributed by atoms with Crippen molar-refractivity contribution in [3.8, 4) is 17.0 Å². The number of benzene rings is 2. The summed E-state index contributed by atoms with van der Waals surface area (Å²) in [4.78, 5) is 15.1. The highest BCUT2D eigenvalue weighted by molar-refractivity contribution is 9.10. The number of hydrogen-bond donors (Lipinski definition) is 1. The average molecular weight is 569 g/mol. The first-order chi connectivity index (χ1) is 16.7. The summed E-state index contributed by atoms with van der Waals surface area (Å²) in [5.41, 5.74) is 1.32. The molecular weight excluding hydrogens is 545 g/mol. The van der Waals surface area contributed by atoms with E-state index in [-0.39, 0.29) is 5.56 Å². The van der Waals surface area contributed by atoms with Crippen molar-refractivity contribution in [2.75, 3.05) is 43.1 Å². The molecule has 0 unspecified atom stereocenters. The Hall–Kier alpha value is -2.50. The van der Waals surface area contributed by atoms with Gasteiger partial charge in [0.15, 0.2) is 0 Å².